The van der Waals surface area contributed by atoms with Crippen molar-refractivity contribution >= 4 is 22.6 Å². The van der Waals surface area contributed by atoms with Crippen LogP contribution in [0, 0.1) is 11.3 Å². The molecule has 3 aromatic rings. The van der Waals surface area contributed by atoms with E-state index >= 15 is 0 Å². The van der Waals surface area contributed by atoms with Crippen molar-refractivity contribution in [1.82, 2.24) is 9.78 Å². The summed E-state index contributed by atoms with van der Waals surface area (Å²) in [6.07, 6.45) is 1.62. The lowest BCUT2D eigenvalue weighted by Crippen LogP contribution is -2.26. The highest BCUT2D eigenvalue weighted by Gasteiger charge is 2.10. The lowest BCUT2D eigenvalue weighted by molar-refractivity contribution is 0.414. The number of benzene rings is 2. The van der Waals surface area contributed by atoms with E-state index in [0.29, 0.717) is 5.03 Å². The minimum absolute atomic E-state index is 0.0392. The first-order valence-electron chi connectivity index (χ1n) is 8.26. The smallest absolute Gasteiger partial charge is 0.285 e. The second kappa shape index (κ2) is 8.87. The van der Waals surface area contributed by atoms with Crippen molar-refractivity contribution in [3.8, 4) is 11.8 Å². The Hall–Kier alpha value is -2.89. The van der Waals surface area contributed by atoms with Gasteiger partial charge in [0.05, 0.1) is 13.7 Å². The van der Waals surface area contributed by atoms with Crippen LogP contribution in [0.25, 0.3) is 0 Å². The van der Waals surface area contributed by atoms with Crippen molar-refractivity contribution in [2.75, 3.05) is 13.4 Å². The molecule has 2 aromatic carbocycles. The highest BCUT2D eigenvalue weighted by Crippen LogP contribution is 2.26. The topological polar surface area (TPSA) is 85.0 Å². The minimum Gasteiger partial charge on any atom is -0.497 e. The molecular formula is C20H17N3O3S2. The molecule has 3 rings (SSSR count). The van der Waals surface area contributed by atoms with Crippen LogP contribution in [0.1, 0.15) is 11.1 Å². The number of hydrogen-bond acceptors (Lipinski definition) is 6. The third-order valence-electron chi connectivity index (χ3n) is 3.94. The van der Waals surface area contributed by atoms with Gasteiger partial charge in [-0.3, -0.25) is 9.00 Å². The highest BCUT2D eigenvalue weighted by molar-refractivity contribution is 7.99. The van der Waals surface area contributed by atoms with Gasteiger partial charge in [0.15, 0.2) is 0 Å². The molecule has 0 amide bonds. The van der Waals surface area contributed by atoms with Crippen molar-refractivity contribution in [2.45, 2.75) is 21.4 Å². The maximum atomic E-state index is 12.5. The van der Waals surface area contributed by atoms with E-state index < -0.39 is 16.4 Å². The second-order valence-electron chi connectivity index (χ2n) is 5.85. The molecule has 0 bridgehead atoms. The van der Waals surface area contributed by atoms with Crippen molar-refractivity contribution in [2.24, 2.45) is 0 Å². The molecule has 1 atom stereocenters. The lowest BCUT2D eigenvalue weighted by atomic mass is 10.2. The van der Waals surface area contributed by atoms with E-state index in [1.807, 2.05) is 42.5 Å². The van der Waals surface area contributed by atoms with E-state index in [1.54, 1.807) is 25.5 Å². The van der Waals surface area contributed by atoms with E-state index in [4.69, 9.17) is 4.74 Å². The van der Waals surface area contributed by atoms with Crippen LogP contribution in [-0.4, -0.2) is 27.4 Å². The van der Waals surface area contributed by atoms with Crippen molar-refractivity contribution in [3.05, 3.63) is 76.1 Å². The fourth-order valence-electron chi connectivity index (χ4n) is 2.48. The van der Waals surface area contributed by atoms with Gasteiger partial charge in [0.1, 0.15) is 22.4 Å². The quantitative estimate of drug-likeness (QED) is 0.620. The summed E-state index contributed by atoms with van der Waals surface area (Å²) in [5.41, 5.74) is 0.480. The summed E-state index contributed by atoms with van der Waals surface area (Å²) in [5, 5.41) is 14.2. The van der Waals surface area contributed by atoms with Crippen LogP contribution in [0.4, 0.5) is 0 Å². The van der Waals surface area contributed by atoms with Crippen LogP contribution in [0.3, 0.4) is 0 Å². The number of nitrogens with zero attached hydrogens (tertiary/aromatic N) is 3. The van der Waals surface area contributed by atoms with E-state index in [1.165, 1.54) is 22.5 Å². The Labute approximate surface area is 169 Å². The Balaban J connectivity index is 1.89. The number of nitriles is 1. The Morgan fingerprint density at radius 2 is 1.86 bits per heavy atom. The summed E-state index contributed by atoms with van der Waals surface area (Å²) in [6.45, 7) is 0.250. The molecule has 0 N–H and O–H groups in total. The van der Waals surface area contributed by atoms with E-state index in [0.717, 1.165) is 21.1 Å². The summed E-state index contributed by atoms with van der Waals surface area (Å²) in [5.74, 6) is 0.725. The summed E-state index contributed by atoms with van der Waals surface area (Å²) in [7, 11) is 0.546. The fourth-order valence-corrected chi connectivity index (χ4v) is 3.83. The predicted octanol–water partition coefficient (Wildman–Crippen LogP) is 3.06. The Morgan fingerprint density at radius 1 is 1.18 bits per heavy atom. The number of aromatic nitrogens is 2. The molecule has 0 radical (unpaired) electrons. The molecule has 0 saturated carbocycles. The van der Waals surface area contributed by atoms with Gasteiger partial charge in [-0.15, -0.1) is 0 Å². The lowest BCUT2D eigenvalue weighted by Gasteiger charge is -2.09. The molecule has 1 aromatic heterocycles. The molecule has 6 nitrogen and oxygen atoms in total. The first kappa shape index (κ1) is 19.9. The molecule has 0 aliphatic carbocycles. The summed E-state index contributed by atoms with van der Waals surface area (Å²) >= 11 is 1.34. The van der Waals surface area contributed by atoms with Gasteiger partial charge in [-0.05, 0) is 48.0 Å². The van der Waals surface area contributed by atoms with Gasteiger partial charge in [0.2, 0.25) is 0 Å². The van der Waals surface area contributed by atoms with Crippen LogP contribution >= 0.6 is 11.8 Å². The molecule has 0 aliphatic rings. The maximum absolute atomic E-state index is 12.5. The molecule has 142 valence electrons. The number of methoxy groups -OCH3 is 1. The van der Waals surface area contributed by atoms with E-state index in [-0.39, 0.29) is 12.1 Å². The van der Waals surface area contributed by atoms with Gasteiger partial charge < -0.3 is 4.74 Å². The SMILES string of the molecule is COc1ccc(Cn2nc(Sc3ccc(S(C)=O)cc3)cc(C#N)c2=O)cc1. The molecule has 8 heteroatoms. The molecule has 1 heterocycles. The molecule has 0 spiro atoms. The van der Waals surface area contributed by atoms with E-state index in [9.17, 15) is 14.3 Å². The molecular weight excluding hydrogens is 394 g/mol. The zero-order chi connectivity index (χ0) is 20.1. The first-order chi connectivity index (χ1) is 13.5. The van der Waals surface area contributed by atoms with Crippen molar-refractivity contribution in [1.29, 1.82) is 5.26 Å². The Bertz CT molecular complexity index is 1100. The highest BCUT2D eigenvalue weighted by atomic mass is 32.2. The summed E-state index contributed by atoms with van der Waals surface area (Å²) in [4.78, 5) is 14.1. The average Bonchev–Trinajstić information content (AvgIpc) is 2.71. The fraction of sp³-hybridized carbons (Fsp3) is 0.150. The molecule has 0 aliphatic heterocycles. The Kier molecular flexibility index (Phi) is 6.29. The van der Waals surface area contributed by atoms with Crippen LogP contribution < -0.4 is 10.3 Å². The second-order valence-corrected chi connectivity index (χ2v) is 8.32. The first-order valence-corrected chi connectivity index (χ1v) is 10.6. The predicted molar refractivity (Wildman–Crippen MR) is 108 cm³/mol. The summed E-state index contributed by atoms with van der Waals surface area (Å²) < 4.78 is 17.9. The van der Waals surface area contributed by atoms with Crippen molar-refractivity contribution < 1.29 is 8.95 Å². The normalized spacial score (nSPS) is 11.6. The maximum Gasteiger partial charge on any atom is 0.285 e. The third-order valence-corrected chi connectivity index (χ3v) is 5.79. The van der Waals surface area contributed by atoms with Gasteiger partial charge in [-0.25, -0.2) is 4.68 Å². The average molecular weight is 412 g/mol. The summed E-state index contributed by atoms with van der Waals surface area (Å²) in [6, 6.07) is 18.0. The minimum atomic E-state index is -1.04. The van der Waals surface area contributed by atoms with E-state index in [2.05, 4.69) is 5.10 Å². The van der Waals surface area contributed by atoms with Crippen LogP contribution in [0.5, 0.6) is 5.75 Å². The van der Waals surface area contributed by atoms with Crippen LogP contribution in [-0.2, 0) is 17.3 Å². The molecule has 1 unspecified atom stereocenters. The number of ether oxygens (including phenoxy) is 1. The third kappa shape index (κ3) is 4.68. The number of hydrogen-bond donors (Lipinski definition) is 0. The van der Waals surface area contributed by atoms with Crippen molar-refractivity contribution in [3.63, 3.8) is 0 Å². The Morgan fingerprint density at radius 3 is 2.43 bits per heavy atom. The zero-order valence-electron chi connectivity index (χ0n) is 15.3. The van der Waals surface area contributed by atoms with Crippen LogP contribution in [0.2, 0.25) is 0 Å². The van der Waals surface area contributed by atoms with Gasteiger partial charge in [-0.1, -0.05) is 23.9 Å². The molecule has 0 saturated heterocycles. The van der Waals surface area contributed by atoms with Crippen LogP contribution in [0.15, 0.2) is 74.2 Å². The molecule has 28 heavy (non-hydrogen) atoms. The van der Waals surface area contributed by atoms with Gasteiger partial charge in [-0.2, -0.15) is 10.4 Å². The van der Waals surface area contributed by atoms with Gasteiger partial charge in [0.25, 0.3) is 5.56 Å². The monoisotopic (exact) mass is 411 g/mol. The van der Waals surface area contributed by atoms with Gasteiger partial charge >= 0.3 is 0 Å². The molecule has 0 fully saturated rings. The zero-order valence-corrected chi connectivity index (χ0v) is 16.9. The number of rotatable bonds is 6. The van der Waals surface area contributed by atoms with Gasteiger partial charge in [0, 0.05) is 26.8 Å². The standard InChI is InChI=1S/C20H17N3O3S2/c1-26-16-5-3-14(4-6-16)13-23-20(24)15(12-21)11-19(22-23)27-17-7-9-18(10-8-17)28(2)25/h3-11H,13H2,1-2H3. The largest absolute Gasteiger partial charge is 0.497 e.